The average molecular weight is 468 g/mol. The van der Waals surface area contributed by atoms with E-state index in [1.165, 1.54) is 11.8 Å². The van der Waals surface area contributed by atoms with Crippen molar-refractivity contribution in [3.05, 3.63) is 77.3 Å². The van der Waals surface area contributed by atoms with Gasteiger partial charge in [-0.3, -0.25) is 4.79 Å². The second-order valence-electron chi connectivity index (χ2n) is 6.73. The molecule has 0 unspecified atom stereocenters. The summed E-state index contributed by atoms with van der Waals surface area (Å²) in [6.45, 7) is 1.95. The van der Waals surface area contributed by atoms with E-state index >= 15 is 0 Å². The number of rotatable bonds is 5. The standard InChI is InChI=1S/C22H18ClN5OS2/c1-14-11-19-20(27-28(26-19)16-5-3-2-4-6-16)12-18(14)24-22(30)25-21(29)13-31-17-9-7-15(23)8-10-17/h2-12H,13H2,1H3,(H2,24,25,29,30). The van der Waals surface area contributed by atoms with E-state index in [0.717, 1.165) is 32.9 Å². The molecule has 0 spiro atoms. The maximum absolute atomic E-state index is 12.2. The second-order valence-corrected chi connectivity index (χ2v) is 8.62. The van der Waals surface area contributed by atoms with Crippen molar-refractivity contribution >= 4 is 63.3 Å². The summed E-state index contributed by atoms with van der Waals surface area (Å²) >= 11 is 12.6. The minimum atomic E-state index is -0.189. The van der Waals surface area contributed by atoms with Gasteiger partial charge in [0.15, 0.2) is 5.11 Å². The molecular formula is C22H18ClN5OS2. The number of hydrogen-bond acceptors (Lipinski definition) is 5. The van der Waals surface area contributed by atoms with Gasteiger partial charge >= 0.3 is 0 Å². The van der Waals surface area contributed by atoms with Crippen LogP contribution >= 0.6 is 35.6 Å². The van der Waals surface area contributed by atoms with Crippen LogP contribution in [-0.2, 0) is 4.79 Å². The highest BCUT2D eigenvalue weighted by Crippen LogP contribution is 2.23. The number of aromatic nitrogens is 3. The van der Waals surface area contributed by atoms with Crippen LogP contribution in [0.3, 0.4) is 0 Å². The smallest absolute Gasteiger partial charge is 0.236 e. The molecule has 0 fully saturated rings. The Hall–Kier alpha value is -2.94. The fourth-order valence-corrected chi connectivity index (χ4v) is 3.92. The van der Waals surface area contributed by atoms with Crippen LogP contribution in [0.1, 0.15) is 5.56 Å². The molecule has 1 amide bonds. The topological polar surface area (TPSA) is 71.8 Å². The lowest BCUT2D eigenvalue weighted by atomic mass is 10.2. The van der Waals surface area contributed by atoms with Crippen molar-refractivity contribution in [1.29, 1.82) is 0 Å². The quantitative estimate of drug-likeness (QED) is 0.318. The Bertz CT molecular complexity index is 1240. The van der Waals surface area contributed by atoms with E-state index in [4.69, 9.17) is 23.8 Å². The number of thiocarbonyl (C=S) groups is 1. The molecule has 4 rings (SSSR count). The normalized spacial score (nSPS) is 10.8. The molecule has 1 heterocycles. The predicted octanol–water partition coefficient (Wildman–Crippen LogP) is 4.99. The third-order valence-electron chi connectivity index (χ3n) is 4.40. The first-order valence-electron chi connectivity index (χ1n) is 9.40. The Labute approximate surface area is 194 Å². The van der Waals surface area contributed by atoms with Crippen LogP contribution in [0.4, 0.5) is 5.69 Å². The lowest BCUT2D eigenvalue weighted by Gasteiger charge is -2.11. The zero-order valence-electron chi connectivity index (χ0n) is 16.5. The van der Waals surface area contributed by atoms with E-state index in [2.05, 4.69) is 20.8 Å². The molecule has 2 N–H and O–H groups in total. The number of para-hydroxylation sites is 1. The third kappa shape index (κ3) is 5.41. The number of nitrogens with one attached hydrogen (secondary N) is 2. The molecule has 4 aromatic rings. The second kappa shape index (κ2) is 9.47. The molecule has 1 aromatic heterocycles. The van der Waals surface area contributed by atoms with Gasteiger partial charge in [0.25, 0.3) is 0 Å². The first-order chi connectivity index (χ1) is 15.0. The summed E-state index contributed by atoms with van der Waals surface area (Å²) in [7, 11) is 0. The van der Waals surface area contributed by atoms with Gasteiger partial charge in [0, 0.05) is 15.6 Å². The van der Waals surface area contributed by atoms with Crippen molar-refractivity contribution in [3.8, 4) is 5.69 Å². The van der Waals surface area contributed by atoms with Crippen molar-refractivity contribution in [2.24, 2.45) is 0 Å². The monoisotopic (exact) mass is 467 g/mol. The number of thioether (sulfide) groups is 1. The first-order valence-corrected chi connectivity index (χ1v) is 11.2. The predicted molar refractivity (Wildman–Crippen MR) is 130 cm³/mol. The van der Waals surface area contributed by atoms with Crippen LogP contribution in [0, 0.1) is 6.92 Å². The SMILES string of the molecule is Cc1cc2nn(-c3ccccc3)nc2cc1NC(=S)NC(=O)CSc1ccc(Cl)cc1. The number of carbonyl (C=O) groups excluding carboxylic acids is 1. The molecule has 9 heteroatoms. The summed E-state index contributed by atoms with van der Waals surface area (Å²) < 4.78 is 0. The Morgan fingerprint density at radius 2 is 1.74 bits per heavy atom. The summed E-state index contributed by atoms with van der Waals surface area (Å²) in [4.78, 5) is 14.8. The fraction of sp³-hybridized carbons (Fsp3) is 0.0909. The Kier molecular flexibility index (Phi) is 6.50. The summed E-state index contributed by atoms with van der Waals surface area (Å²) in [5.74, 6) is 0.0542. The van der Waals surface area contributed by atoms with Crippen LogP contribution in [0.2, 0.25) is 5.02 Å². The van der Waals surface area contributed by atoms with Crippen LogP contribution in [0.15, 0.2) is 71.6 Å². The van der Waals surface area contributed by atoms with Crippen molar-refractivity contribution in [2.45, 2.75) is 11.8 Å². The van der Waals surface area contributed by atoms with Crippen molar-refractivity contribution < 1.29 is 4.79 Å². The van der Waals surface area contributed by atoms with Gasteiger partial charge in [-0.2, -0.15) is 4.80 Å². The molecule has 6 nitrogen and oxygen atoms in total. The van der Waals surface area contributed by atoms with Gasteiger partial charge in [-0.25, -0.2) is 0 Å². The Balaban J connectivity index is 1.40. The van der Waals surface area contributed by atoms with Crippen molar-refractivity contribution in [1.82, 2.24) is 20.3 Å². The van der Waals surface area contributed by atoms with Gasteiger partial charge in [0.1, 0.15) is 11.0 Å². The van der Waals surface area contributed by atoms with Gasteiger partial charge in [0.05, 0.1) is 11.4 Å². The average Bonchev–Trinajstić information content (AvgIpc) is 3.17. The number of anilines is 1. The van der Waals surface area contributed by atoms with E-state index in [0.29, 0.717) is 5.02 Å². The molecule has 31 heavy (non-hydrogen) atoms. The number of fused-ring (bicyclic) bond motifs is 1. The molecule has 0 aliphatic heterocycles. The molecule has 0 atom stereocenters. The molecule has 3 aromatic carbocycles. The summed E-state index contributed by atoms with van der Waals surface area (Å²) in [5.41, 5.74) is 4.10. The van der Waals surface area contributed by atoms with Gasteiger partial charge < -0.3 is 10.6 Å². The molecule has 0 aliphatic carbocycles. The van der Waals surface area contributed by atoms with Crippen LogP contribution in [0.5, 0.6) is 0 Å². The van der Waals surface area contributed by atoms with E-state index < -0.39 is 0 Å². The van der Waals surface area contributed by atoms with Crippen molar-refractivity contribution in [3.63, 3.8) is 0 Å². The van der Waals surface area contributed by atoms with Gasteiger partial charge in [-0.15, -0.1) is 22.0 Å². The minimum absolute atomic E-state index is 0.189. The highest BCUT2D eigenvalue weighted by molar-refractivity contribution is 8.00. The Morgan fingerprint density at radius 1 is 1.06 bits per heavy atom. The molecule has 0 bridgehead atoms. The maximum Gasteiger partial charge on any atom is 0.236 e. The first kappa shape index (κ1) is 21.3. The molecule has 0 saturated heterocycles. The van der Waals surface area contributed by atoms with Crippen LogP contribution < -0.4 is 10.6 Å². The number of aryl methyl sites for hydroxylation is 1. The van der Waals surface area contributed by atoms with Crippen LogP contribution in [0.25, 0.3) is 16.7 Å². The molecule has 0 aliphatic rings. The zero-order valence-corrected chi connectivity index (χ0v) is 18.9. The molecular weight excluding hydrogens is 450 g/mol. The van der Waals surface area contributed by atoms with E-state index in [-0.39, 0.29) is 16.8 Å². The van der Waals surface area contributed by atoms with Gasteiger partial charge in [-0.1, -0.05) is 29.8 Å². The van der Waals surface area contributed by atoms with E-state index in [1.54, 1.807) is 16.9 Å². The maximum atomic E-state index is 12.2. The van der Waals surface area contributed by atoms with Crippen molar-refractivity contribution in [2.75, 3.05) is 11.1 Å². The third-order valence-corrected chi connectivity index (χ3v) is 5.87. The zero-order chi connectivity index (χ0) is 21.8. The summed E-state index contributed by atoms with van der Waals surface area (Å²) in [6.07, 6.45) is 0. The molecule has 0 radical (unpaired) electrons. The number of amides is 1. The molecule has 0 saturated carbocycles. The van der Waals surface area contributed by atoms with E-state index in [1.807, 2.05) is 61.5 Å². The van der Waals surface area contributed by atoms with Crippen LogP contribution in [-0.4, -0.2) is 31.8 Å². The molecule has 156 valence electrons. The largest absolute Gasteiger partial charge is 0.332 e. The van der Waals surface area contributed by atoms with E-state index in [9.17, 15) is 4.79 Å². The summed E-state index contributed by atoms with van der Waals surface area (Å²) in [6, 6.07) is 20.8. The summed E-state index contributed by atoms with van der Waals surface area (Å²) in [5, 5.41) is 15.8. The number of carbonyl (C=O) groups is 1. The lowest BCUT2D eigenvalue weighted by molar-refractivity contribution is -0.117. The number of nitrogens with zero attached hydrogens (tertiary/aromatic N) is 3. The number of halogens is 1. The van der Waals surface area contributed by atoms with Gasteiger partial charge in [-0.05, 0) is 73.2 Å². The van der Waals surface area contributed by atoms with Gasteiger partial charge in [0.2, 0.25) is 5.91 Å². The Morgan fingerprint density at radius 3 is 2.45 bits per heavy atom. The fourth-order valence-electron chi connectivity index (χ4n) is 2.88. The highest BCUT2D eigenvalue weighted by Gasteiger charge is 2.11. The lowest BCUT2D eigenvalue weighted by Crippen LogP contribution is -2.35. The number of benzene rings is 3. The number of hydrogen-bond donors (Lipinski definition) is 2. The highest BCUT2D eigenvalue weighted by atomic mass is 35.5. The minimum Gasteiger partial charge on any atom is -0.332 e.